The van der Waals surface area contributed by atoms with E-state index in [0.29, 0.717) is 23.2 Å². The molecule has 0 spiro atoms. The third kappa shape index (κ3) is 5.62. The van der Waals surface area contributed by atoms with Gasteiger partial charge in [0.2, 0.25) is 0 Å². The van der Waals surface area contributed by atoms with Crippen LogP contribution in [0.15, 0.2) is 53.5 Å². The zero-order valence-corrected chi connectivity index (χ0v) is 20.1. The second-order valence-electron chi connectivity index (χ2n) is 7.88. The van der Waals surface area contributed by atoms with E-state index >= 15 is 0 Å². The number of nitrogens with zero attached hydrogens (tertiary/aromatic N) is 2. The summed E-state index contributed by atoms with van der Waals surface area (Å²) in [5, 5.41) is 0.659. The van der Waals surface area contributed by atoms with Gasteiger partial charge in [0.25, 0.3) is 0 Å². The maximum Gasteiger partial charge on any atom is 0.316 e. The molecule has 2 aliphatic rings. The fourth-order valence-electron chi connectivity index (χ4n) is 3.97. The van der Waals surface area contributed by atoms with E-state index in [2.05, 4.69) is 4.99 Å². The average Bonchev–Trinajstić information content (AvgIpc) is 3.28. The van der Waals surface area contributed by atoms with E-state index in [1.165, 1.54) is 11.8 Å². The summed E-state index contributed by atoms with van der Waals surface area (Å²) in [5.74, 6) is 1.05. The third-order valence-electron chi connectivity index (χ3n) is 5.58. The number of methoxy groups -OCH3 is 2. The van der Waals surface area contributed by atoms with Crippen molar-refractivity contribution in [3.63, 3.8) is 0 Å². The fraction of sp³-hybridized carbons (Fsp3) is 0.391. The molecule has 2 unspecified atom stereocenters. The molecule has 0 bridgehead atoms. The molecule has 0 N–H and O–H groups in total. The van der Waals surface area contributed by atoms with Crippen LogP contribution in [-0.4, -0.2) is 68.0 Å². The molecule has 1 fully saturated rings. The number of amidine groups is 1. The summed E-state index contributed by atoms with van der Waals surface area (Å²) < 4.78 is 40.5. The summed E-state index contributed by atoms with van der Waals surface area (Å²) in [6, 6.07) is 14.5. The summed E-state index contributed by atoms with van der Waals surface area (Å²) >= 11 is 1.28. The number of carbonyl (C=O) groups excluding carboxylic acids is 1. The van der Waals surface area contributed by atoms with Crippen molar-refractivity contribution in [2.75, 3.05) is 31.5 Å². The number of sulfone groups is 1. The highest BCUT2D eigenvalue weighted by Crippen LogP contribution is 2.34. The predicted octanol–water partition coefficient (Wildman–Crippen LogP) is 2.52. The molecule has 0 radical (unpaired) electrons. The number of benzene rings is 2. The molecule has 0 aromatic heterocycles. The van der Waals surface area contributed by atoms with Crippen molar-refractivity contribution < 1.29 is 27.4 Å². The molecule has 2 aromatic carbocycles. The largest absolute Gasteiger partial charge is 0.493 e. The zero-order valence-electron chi connectivity index (χ0n) is 18.5. The van der Waals surface area contributed by atoms with Crippen LogP contribution in [0.2, 0.25) is 0 Å². The summed E-state index contributed by atoms with van der Waals surface area (Å²) in [6.45, 7) is 0.660. The van der Waals surface area contributed by atoms with Crippen molar-refractivity contribution in [1.82, 2.24) is 4.90 Å². The lowest BCUT2D eigenvalue weighted by Crippen LogP contribution is -2.38. The molecule has 2 atom stereocenters. The average molecular weight is 491 g/mol. The van der Waals surface area contributed by atoms with Crippen molar-refractivity contribution in [2.24, 2.45) is 4.99 Å². The Balaban J connectivity index is 1.44. The molecule has 0 aliphatic carbocycles. The Morgan fingerprint density at radius 1 is 1.06 bits per heavy atom. The molecule has 4 rings (SSSR count). The van der Waals surface area contributed by atoms with Crippen LogP contribution in [0.5, 0.6) is 11.5 Å². The van der Waals surface area contributed by atoms with Gasteiger partial charge in [-0.1, -0.05) is 48.2 Å². The number of aliphatic imine (C=N–C) groups is 1. The van der Waals surface area contributed by atoms with E-state index in [0.717, 1.165) is 11.1 Å². The van der Waals surface area contributed by atoms with Gasteiger partial charge in [-0.2, -0.15) is 0 Å². The summed E-state index contributed by atoms with van der Waals surface area (Å²) in [6.07, 6.45) is 0. The van der Waals surface area contributed by atoms with Gasteiger partial charge in [0.1, 0.15) is 6.61 Å². The summed E-state index contributed by atoms with van der Waals surface area (Å²) in [7, 11) is 0.00148. The van der Waals surface area contributed by atoms with Crippen LogP contribution in [0.3, 0.4) is 0 Å². The molecule has 33 heavy (non-hydrogen) atoms. The van der Waals surface area contributed by atoms with Crippen molar-refractivity contribution in [3.05, 3.63) is 59.7 Å². The SMILES string of the molecule is COc1ccc(CN2C(SCC(=O)OCc3ccccc3)=NC3CS(=O)(=O)CC32)cc1OC. The van der Waals surface area contributed by atoms with Crippen LogP contribution in [-0.2, 0) is 32.5 Å². The lowest BCUT2D eigenvalue weighted by atomic mass is 10.1. The number of ether oxygens (including phenoxy) is 3. The smallest absolute Gasteiger partial charge is 0.316 e. The van der Waals surface area contributed by atoms with Gasteiger partial charge in [0.05, 0.1) is 43.6 Å². The normalized spacial score (nSPS) is 20.8. The van der Waals surface area contributed by atoms with Crippen LogP contribution in [0.1, 0.15) is 11.1 Å². The first kappa shape index (κ1) is 23.4. The molecule has 8 nitrogen and oxygen atoms in total. The zero-order chi connectivity index (χ0) is 23.4. The van der Waals surface area contributed by atoms with Gasteiger partial charge in [-0.25, -0.2) is 8.42 Å². The molecule has 2 aromatic rings. The first-order valence-corrected chi connectivity index (χ1v) is 13.3. The van der Waals surface area contributed by atoms with Crippen molar-refractivity contribution in [3.8, 4) is 11.5 Å². The fourth-order valence-corrected chi connectivity index (χ4v) is 6.75. The molecule has 0 amide bonds. The third-order valence-corrected chi connectivity index (χ3v) is 8.26. The topological polar surface area (TPSA) is 94.5 Å². The molecule has 1 saturated heterocycles. The number of hydrogen-bond donors (Lipinski definition) is 0. The lowest BCUT2D eigenvalue weighted by Gasteiger charge is -2.26. The van der Waals surface area contributed by atoms with E-state index < -0.39 is 9.84 Å². The summed E-state index contributed by atoms with van der Waals surface area (Å²) in [4.78, 5) is 18.9. The van der Waals surface area contributed by atoms with Gasteiger partial charge < -0.3 is 19.1 Å². The molecule has 2 aliphatic heterocycles. The number of rotatable bonds is 8. The van der Waals surface area contributed by atoms with Crippen molar-refractivity contribution in [2.45, 2.75) is 25.2 Å². The number of carbonyl (C=O) groups is 1. The number of fused-ring (bicyclic) bond motifs is 1. The summed E-state index contributed by atoms with van der Waals surface area (Å²) in [5.41, 5.74) is 1.85. The van der Waals surface area contributed by atoms with Crippen molar-refractivity contribution >= 4 is 32.7 Å². The van der Waals surface area contributed by atoms with E-state index in [1.54, 1.807) is 14.2 Å². The monoisotopic (exact) mass is 490 g/mol. The van der Waals surface area contributed by atoms with Crippen LogP contribution in [0, 0.1) is 0 Å². The Hall–Kier alpha value is -2.72. The Bertz CT molecular complexity index is 1140. The quantitative estimate of drug-likeness (QED) is 0.521. The number of hydrogen-bond acceptors (Lipinski definition) is 9. The Morgan fingerprint density at radius 3 is 2.55 bits per heavy atom. The van der Waals surface area contributed by atoms with Gasteiger partial charge in [-0.15, -0.1) is 0 Å². The minimum atomic E-state index is -3.14. The highest BCUT2D eigenvalue weighted by molar-refractivity contribution is 8.14. The van der Waals surface area contributed by atoms with Gasteiger partial charge in [-0.05, 0) is 23.3 Å². The number of esters is 1. The lowest BCUT2D eigenvalue weighted by molar-refractivity contribution is -0.141. The molecule has 10 heteroatoms. The van der Waals surface area contributed by atoms with E-state index in [9.17, 15) is 13.2 Å². The van der Waals surface area contributed by atoms with Gasteiger partial charge in [-0.3, -0.25) is 9.79 Å². The maximum atomic E-state index is 12.3. The predicted molar refractivity (Wildman–Crippen MR) is 127 cm³/mol. The van der Waals surface area contributed by atoms with Gasteiger partial charge >= 0.3 is 5.97 Å². The second kappa shape index (κ2) is 10.0. The minimum Gasteiger partial charge on any atom is -0.493 e. The van der Waals surface area contributed by atoms with Crippen LogP contribution < -0.4 is 9.47 Å². The molecular formula is C23H26N2O6S2. The minimum absolute atomic E-state index is 0.0304. The highest BCUT2D eigenvalue weighted by atomic mass is 32.2. The molecule has 0 saturated carbocycles. The van der Waals surface area contributed by atoms with Gasteiger partial charge in [0, 0.05) is 6.54 Å². The Labute approximate surface area is 197 Å². The van der Waals surface area contributed by atoms with E-state index in [4.69, 9.17) is 14.2 Å². The Morgan fingerprint density at radius 2 is 1.82 bits per heavy atom. The van der Waals surface area contributed by atoms with E-state index in [1.807, 2.05) is 53.4 Å². The van der Waals surface area contributed by atoms with Crippen LogP contribution in [0.25, 0.3) is 0 Å². The highest BCUT2D eigenvalue weighted by Gasteiger charge is 2.46. The van der Waals surface area contributed by atoms with Gasteiger partial charge in [0.15, 0.2) is 26.5 Å². The van der Waals surface area contributed by atoms with Crippen LogP contribution >= 0.6 is 11.8 Å². The first-order chi connectivity index (χ1) is 15.9. The number of thioether (sulfide) groups is 1. The second-order valence-corrected chi connectivity index (χ2v) is 11.0. The molecule has 176 valence electrons. The standard InChI is InChI=1S/C23H26N2O6S2/c1-29-20-9-8-17(10-21(20)30-2)11-25-19-15-33(27,28)14-18(19)24-23(25)32-13-22(26)31-12-16-6-4-3-5-7-16/h3-10,18-19H,11-15H2,1-2H3. The van der Waals surface area contributed by atoms with E-state index in [-0.39, 0.29) is 41.9 Å². The molecular weight excluding hydrogens is 464 g/mol. The Kier molecular flexibility index (Phi) is 7.14. The maximum absolute atomic E-state index is 12.3. The molecule has 2 heterocycles. The van der Waals surface area contributed by atoms with Crippen LogP contribution in [0.4, 0.5) is 0 Å². The first-order valence-electron chi connectivity index (χ1n) is 10.5. The van der Waals surface area contributed by atoms with Crippen molar-refractivity contribution in [1.29, 1.82) is 0 Å².